The lowest BCUT2D eigenvalue weighted by Crippen LogP contribution is -2.24. The maximum absolute atomic E-state index is 12.4. The maximum Gasteiger partial charge on any atom is 0.270 e. The van der Waals surface area contributed by atoms with Crippen LogP contribution in [0.5, 0.6) is 11.5 Å². The summed E-state index contributed by atoms with van der Waals surface area (Å²) in [6.07, 6.45) is 1.33. The van der Waals surface area contributed by atoms with Crippen molar-refractivity contribution in [3.05, 3.63) is 71.1 Å². The topological polar surface area (TPSA) is 85.4 Å². The van der Waals surface area contributed by atoms with Gasteiger partial charge in [0.05, 0.1) is 19.9 Å². The number of carbonyl (C=O) groups excluding carboxylic acids is 1. The van der Waals surface area contributed by atoms with Gasteiger partial charge in [-0.05, 0) is 29.8 Å². The van der Waals surface area contributed by atoms with Gasteiger partial charge in [0.15, 0.2) is 0 Å². The van der Waals surface area contributed by atoms with Gasteiger partial charge in [-0.3, -0.25) is 4.79 Å². The fourth-order valence-electron chi connectivity index (χ4n) is 2.47. The van der Waals surface area contributed by atoms with E-state index in [-0.39, 0.29) is 11.6 Å². The molecule has 0 aliphatic heterocycles. The molecule has 28 heavy (non-hydrogen) atoms. The van der Waals surface area contributed by atoms with Crippen molar-refractivity contribution in [2.24, 2.45) is 0 Å². The molecule has 0 saturated heterocycles. The van der Waals surface area contributed by atoms with Gasteiger partial charge in [0.1, 0.15) is 29.3 Å². The van der Waals surface area contributed by atoms with Gasteiger partial charge >= 0.3 is 0 Å². The zero-order valence-corrected chi connectivity index (χ0v) is 16.2. The van der Waals surface area contributed by atoms with Gasteiger partial charge in [0.25, 0.3) is 5.91 Å². The minimum absolute atomic E-state index is 0.244. The highest BCUT2D eigenvalue weighted by Crippen LogP contribution is 2.30. The fourth-order valence-corrected chi connectivity index (χ4v) is 2.60. The van der Waals surface area contributed by atoms with Crippen LogP contribution in [-0.2, 0) is 6.54 Å². The minimum Gasteiger partial charge on any atom is -0.497 e. The molecule has 3 rings (SSSR count). The van der Waals surface area contributed by atoms with Crippen LogP contribution in [0, 0.1) is 0 Å². The zero-order chi connectivity index (χ0) is 19.9. The quantitative estimate of drug-likeness (QED) is 0.629. The number of aromatic nitrogens is 2. The number of benzene rings is 2. The summed E-state index contributed by atoms with van der Waals surface area (Å²) < 4.78 is 10.6. The van der Waals surface area contributed by atoms with Crippen LogP contribution in [0.1, 0.15) is 16.1 Å². The molecule has 0 spiro atoms. The highest BCUT2D eigenvalue weighted by molar-refractivity contribution is 6.30. The monoisotopic (exact) mass is 398 g/mol. The molecule has 1 aromatic heterocycles. The molecule has 0 unspecified atom stereocenters. The number of nitrogens with zero attached hydrogens (tertiary/aromatic N) is 2. The summed E-state index contributed by atoms with van der Waals surface area (Å²) in [7, 11) is 3.15. The van der Waals surface area contributed by atoms with E-state index in [0.29, 0.717) is 34.6 Å². The second-order valence-corrected chi connectivity index (χ2v) is 6.23. The number of amides is 1. The summed E-state index contributed by atoms with van der Waals surface area (Å²) in [6, 6.07) is 14.2. The molecule has 0 bridgehead atoms. The first kappa shape index (κ1) is 19.4. The van der Waals surface area contributed by atoms with Gasteiger partial charge in [0.2, 0.25) is 0 Å². The molecule has 0 radical (unpaired) electrons. The molecule has 0 aliphatic rings. The van der Waals surface area contributed by atoms with Crippen LogP contribution >= 0.6 is 11.6 Å². The van der Waals surface area contributed by atoms with Crippen LogP contribution in [0.4, 0.5) is 11.5 Å². The Bertz CT molecular complexity index is 964. The average Bonchev–Trinajstić information content (AvgIpc) is 2.73. The number of nitrogens with one attached hydrogen (secondary N) is 2. The summed E-state index contributed by atoms with van der Waals surface area (Å²) in [4.78, 5) is 20.6. The number of hydrogen-bond acceptors (Lipinski definition) is 6. The largest absolute Gasteiger partial charge is 0.497 e. The van der Waals surface area contributed by atoms with E-state index in [9.17, 15) is 4.79 Å². The molecular formula is C20H19ClN4O3. The van der Waals surface area contributed by atoms with Crippen LogP contribution in [0.2, 0.25) is 5.02 Å². The lowest BCUT2D eigenvalue weighted by Gasteiger charge is -2.12. The molecular weight excluding hydrogens is 380 g/mol. The summed E-state index contributed by atoms with van der Waals surface area (Å²) >= 11 is 5.87. The first-order chi connectivity index (χ1) is 13.6. The van der Waals surface area contributed by atoms with Crippen molar-refractivity contribution in [1.29, 1.82) is 0 Å². The van der Waals surface area contributed by atoms with Crippen LogP contribution in [0.25, 0.3) is 0 Å². The first-order valence-corrected chi connectivity index (χ1v) is 8.80. The predicted octanol–water partition coefficient (Wildman–Crippen LogP) is 3.82. The van der Waals surface area contributed by atoms with E-state index < -0.39 is 0 Å². The lowest BCUT2D eigenvalue weighted by atomic mass is 10.2. The normalized spacial score (nSPS) is 10.2. The van der Waals surface area contributed by atoms with Crippen LogP contribution < -0.4 is 20.1 Å². The molecule has 144 valence electrons. The molecule has 1 heterocycles. The molecule has 1 amide bonds. The molecule has 7 nitrogen and oxygen atoms in total. The Morgan fingerprint density at radius 2 is 1.82 bits per heavy atom. The van der Waals surface area contributed by atoms with E-state index in [0.717, 1.165) is 5.56 Å². The Kier molecular flexibility index (Phi) is 6.29. The fraction of sp³-hybridized carbons (Fsp3) is 0.150. The van der Waals surface area contributed by atoms with Crippen LogP contribution in [0.3, 0.4) is 0 Å². The highest BCUT2D eigenvalue weighted by Gasteiger charge is 2.11. The van der Waals surface area contributed by atoms with E-state index in [1.54, 1.807) is 50.6 Å². The van der Waals surface area contributed by atoms with Gasteiger partial charge < -0.3 is 20.1 Å². The molecule has 0 atom stereocenters. The number of hydrogen-bond donors (Lipinski definition) is 2. The standard InChI is InChI=1S/C20H19ClN4O3/c1-27-15-7-8-18(28-2)16(9-15)25-19-10-17(23-12-24-19)20(26)22-11-13-3-5-14(21)6-4-13/h3-10,12H,11H2,1-2H3,(H,22,26)(H,23,24,25). The van der Waals surface area contributed by atoms with Crippen molar-refractivity contribution >= 4 is 29.0 Å². The van der Waals surface area contributed by atoms with E-state index in [4.69, 9.17) is 21.1 Å². The third-order valence-corrected chi connectivity index (χ3v) is 4.19. The molecule has 3 aromatic rings. The second kappa shape index (κ2) is 9.05. The number of methoxy groups -OCH3 is 2. The Hall–Kier alpha value is -3.32. The van der Waals surface area contributed by atoms with Crippen molar-refractivity contribution in [3.8, 4) is 11.5 Å². The van der Waals surface area contributed by atoms with Gasteiger partial charge in [-0.25, -0.2) is 9.97 Å². The molecule has 0 saturated carbocycles. The van der Waals surface area contributed by atoms with Gasteiger partial charge in [-0.1, -0.05) is 23.7 Å². The van der Waals surface area contributed by atoms with E-state index >= 15 is 0 Å². The first-order valence-electron chi connectivity index (χ1n) is 8.43. The number of rotatable bonds is 7. The number of carbonyl (C=O) groups is 1. The maximum atomic E-state index is 12.4. The van der Waals surface area contributed by atoms with Crippen molar-refractivity contribution < 1.29 is 14.3 Å². The van der Waals surface area contributed by atoms with Crippen LogP contribution in [-0.4, -0.2) is 30.1 Å². The van der Waals surface area contributed by atoms with Crippen molar-refractivity contribution in [1.82, 2.24) is 15.3 Å². The summed E-state index contributed by atoms with van der Waals surface area (Å²) in [5, 5.41) is 6.59. The van der Waals surface area contributed by atoms with E-state index in [1.165, 1.54) is 6.33 Å². The molecule has 2 N–H and O–H groups in total. The van der Waals surface area contributed by atoms with E-state index in [2.05, 4.69) is 20.6 Å². The average molecular weight is 399 g/mol. The number of ether oxygens (including phenoxy) is 2. The van der Waals surface area contributed by atoms with Crippen molar-refractivity contribution in [2.75, 3.05) is 19.5 Å². The van der Waals surface area contributed by atoms with Gasteiger partial charge in [-0.15, -0.1) is 0 Å². The van der Waals surface area contributed by atoms with Crippen molar-refractivity contribution in [3.63, 3.8) is 0 Å². The Labute approximate surface area is 167 Å². The van der Waals surface area contributed by atoms with Crippen molar-refractivity contribution in [2.45, 2.75) is 6.54 Å². The summed E-state index contributed by atoms with van der Waals surface area (Å²) in [5.74, 6) is 1.43. The van der Waals surface area contributed by atoms with Crippen LogP contribution in [0.15, 0.2) is 54.9 Å². The Morgan fingerprint density at radius 3 is 2.54 bits per heavy atom. The lowest BCUT2D eigenvalue weighted by molar-refractivity contribution is 0.0946. The van der Waals surface area contributed by atoms with Gasteiger partial charge in [0, 0.05) is 23.7 Å². The smallest absolute Gasteiger partial charge is 0.270 e. The summed E-state index contributed by atoms with van der Waals surface area (Å²) in [5.41, 5.74) is 1.84. The number of anilines is 2. The Balaban J connectivity index is 1.71. The molecule has 0 aliphatic carbocycles. The molecule has 8 heteroatoms. The minimum atomic E-state index is -0.307. The second-order valence-electron chi connectivity index (χ2n) is 5.79. The zero-order valence-electron chi connectivity index (χ0n) is 15.4. The SMILES string of the molecule is COc1ccc(OC)c(Nc2cc(C(=O)NCc3ccc(Cl)cc3)ncn2)c1. The third kappa shape index (κ3) is 4.89. The Morgan fingerprint density at radius 1 is 1.04 bits per heavy atom. The van der Waals surface area contributed by atoms with E-state index in [1.807, 2.05) is 12.1 Å². The third-order valence-electron chi connectivity index (χ3n) is 3.94. The summed E-state index contributed by atoms with van der Waals surface area (Å²) in [6.45, 7) is 0.368. The highest BCUT2D eigenvalue weighted by atomic mass is 35.5. The predicted molar refractivity (Wildman–Crippen MR) is 107 cm³/mol. The van der Waals surface area contributed by atoms with Gasteiger partial charge in [-0.2, -0.15) is 0 Å². The number of halogens is 1. The molecule has 0 fully saturated rings. The molecule has 2 aromatic carbocycles.